The first-order chi connectivity index (χ1) is 10.5. The van der Waals surface area contributed by atoms with Crippen molar-refractivity contribution in [1.29, 1.82) is 0 Å². The van der Waals surface area contributed by atoms with Crippen LogP contribution in [0.5, 0.6) is 0 Å². The number of rotatable bonds is 13. The average molecular weight is 362 g/mol. The molecule has 5 heteroatoms. The van der Waals surface area contributed by atoms with Gasteiger partial charge < -0.3 is 13.7 Å². The van der Waals surface area contributed by atoms with Crippen molar-refractivity contribution in [2.24, 2.45) is 5.41 Å². The number of ether oxygens (including phenoxy) is 2. The van der Waals surface area contributed by atoms with Gasteiger partial charge >= 0.3 is 0 Å². The molecule has 0 saturated heterocycles. The maximum Gasteiger partial charge on any atom is 0.112 e. The van der Waals surface area contributed by atoms with E-state index in [4.69, 9.17) is 9.47 Å². The van der Waals surface area contributed by atoms with Crippen LogP contribution in [-0.2, 0) is 9.47 Å². The van der Waals surface area contributed by atoms with E-state index < -0.39 is 16.5 Å². The molecule has 0 aromatic carbocycles. The zero-order valence-electron chi connectivity index (χ0n) is 17.4. The molecule has 0 rings (SSSR count). The zero-order chi connectivity index (χ0) is 18.1. The van der Waals surface area contributed by atoms with Crippen LogP contribution in [0.1, 0.15) is 39.0 Å². The lowest BCUT2D eigenvalue weighted by Crippen LogP contribution is -2.59. The summed E-state index contributed by atoms with van der Waals surface area (Å²) in [5, 5.41) is 0. The van der Waals surface area contributed by atoms with Crippen molar-refractivity contribution in [2.45, 2.75) is 78.3 Å². The van der Waals surface area contributed by atoms with Gasteiger partial charge in [-0.25, -0.2) is 0 Å². The third kappa shape index (κ3) is 8.82. The molecular weight excluding hydrogens is 318 g/mol. The smallest absolute Gasteiger partial charge is 0.112 e. The molecule has 23 heavy (non-hydrogen) atoms. The van der Waals surface area contributed by atoms with Crippen LogP contribution in [0, 0.1) is 5.41 Å². The summed E-state index contributed by atoms with van der Waals surface area (Å²) in [6, 6.07) is 0. The minimum Gasteiger partial charge on any atom is -0.384 e. The van der Waals surface area contributed by atoms with Gasteiger partial charge in [-0.15, -0.1) is 0 Å². The van der Waals surface area contributed by atoms with Gasteiger partial charge in [-0.2, -0.15) is 0 Å². The van der Waals surface area contributed by atoms with Crippen LogP contribution in [0.15, 0.2) is 0 Å². The predicted molar refractivity (Wildman–Crippen MR) is 108 cm³/mol. The van der Waals surface area contributed by atoms with E-state index in [1.54, 1.807) is 0 Å². The second-order valence-corrected chi connectivity index (χ2v) is 19.3. The molecule has 0 aliphatic rings. The molecule has 0 fully saturated rings. The Kier molecular flexibility index (Phi) is 10.5. The molecule has 0 atom stereocenters. The Hall–Kier alpha value is 0.314. The third-order valence-corrected chi connectivity index (χ3v) is 12.4. The van der Waals surface area contributed by atoms with Crippen molar-refractivity contribution >= 4 is 16.5 Å². The van der Waals surface area contributed by atoms with Crippen LogP contribution in [0.3, 0.4) is 0 Å². The van der Waals surface area contributed by atoms with Crippen molar-refractivity contribution in [2.75, 3.05) is 34.0 Å². The minimum absolute atomic E-state index is 0.210. The molecule has 3 nitrogen and oxygen atoms in total. The summed E-state index contributed by atoms with van der Waals surface area (Å²) in [7, 11) is 1.20. The molecule has 0 aliphatic carbocycles. The second kappa shape index (κ2) is 10.3. The van der Waals surface area contributed by atoms with Gasteiger partial charge in [0.15, 0.2) is 0 Å². The third-order valence-electron chi connectivity index (χ3n) is 4.64. The summed E-state index contributed by atoms with van der Waals surface area (Å²) in [5.41, 5.74) is 0.210. The number of hydrogen-bond donors (Lipinski definition) is 0. The molecule has 0 unspecified atom stereocenters. The molecule has 0 amide bonds. The number of unbranched alkanes of at least 4 members (excludes halogenated alkanes) is 1. The SMILES string of the molecule is CCCC(CCCCN([Si](C)(C)C)[Si](C)(C)C)(COC)COC. The molecule has 0 aromatic heterocycles. The van der Waals surface area contributed by atoms with Crippen LogP contribution in [0.25, 0.3) is 0 Å². The van der Waals surface area contributed by atoms with Crippen LogP contribution in [0.4, 0.5) is 0 Å². The van der Waals surface area contributed by atoms with Gasteiger partial charge in [0.05, 0.1) is 13.2 Å². The highest BCUT2D eigenvalue weighted by molar-refractivity contribution is 6.89. The number of hydrogen-bond acceptors (Lipinski definition) is 3. The predicted octanol–water partition coefficient (Wildman–Crippen LogP) is 5.21. The first-order valence-corrected chi connectivity index (χ1v) is 16.2. The molecule has 140 valence electrons. The van der Waals surface area contributed by atoms with Crippen LogP contribution >= 0.6 is 0 Å². The fourth-order valence-electron chi connectivity index (χ4n) is 4.05. The molecule has 0 aromatic rings. The van der Waals surface area contributed by atoms with E-state index in [2.05, 4.69) is 50.4 Å². The summed E-state index contributed by atoms with van der Waals surface area (Å²) >= 11 is 0. The monoisotopic (exact) mass is 361 g/mol. The number of nitrogens with zero attached hydrogens (tertiary/aromatic N) is 1. The largest absolute Gasteiger partial charge is 0.384 e. The molecule has 0 bridgehead atoms. The maximum atomic E-state index is 5.52. The van der Waals surface area contributed by atoms with E-state index in [9.17, 15) is 0 Å². The van der Waals surface area contributed by atoms with Crippen LogP contribution in [-0.4, -0.2) is 54.7 Å². The lowest BCUT2D eigenvalue weighted by molar-refractivity contribution is -0.00334. The molecule has 0 radical (unpaired) electrons. The molecular formula is C18H43NO2Si2. The highest BCUT2D eigenvalue weighted by Gasteiger charge is 2.34. The molecule has 0 spiro atoms. The van der Waals surface area contributed by atoms with Gasteiger partial charge in [-0.3, -0.25) is 0 Å². The summed E-state index contributed by atoms with van der Waals surface area (Å²) < 4.78 is 13.9. The van der Waals surface area contributed by atoms with Crippen LogP contribution < -0.4 is 0 Å². The lowest BCUT2D eigenvalue weighted by Gasteiger charge is -2.44. The van der Waals surface area contributed by atoms with Gasteiger partial charge in [-0.1, -0.05) is 59.0 Å². The standard InChI is InChI=1S/C18H43NO2Si2/c1-10-13-18(16-20-2,17-21-3)14-11-12-15-19(22(4,5)6)23(7,8)9/h10-17H2,1-9H3. The quantitative estimate of drug-likeness (QED) is 0.332. The van der Waals surface area contributed by atoms with Crippen molar-refractivity contribution in [3.63, 3.8) is 0 Å². The lowest BCUT2D eigenvalue weighted by atomic mass is 9.80. The van der Waals surface area contributed by atoms with Crippen LogP contribution in [0.2, 0.25) is 39.3 Å². The van der Waals surface area contributed by atoms with E-state index >= 15 is 0 Å². The summed E-state index contributed by atoms with van der Waals surface area (Å²) in [6.07, 6.45) is 6.18. The fourth-order valence-corrected chi connectivity index (χ4v) is 13.8. The van der Waals surface area contributed by atoms with Gasteiger partial charge in [0.2, 0.25) is 0 Å². The molecule has 0 saturated carbocycles. The van der Waals surface area contributed by atoms with Crippen molar-refractivity contribution in [1.82, 2.24) is 4.23 Å². The normalized spacial score (nSPS) is 13.8. The average Bonchev–Trinajstić information content (AvgIpc) is 2.36. The highest BCUT2D eigenvalue weighted by atomic mass is 28.4. The Morgan fingerprint density at radius 1 is 0.783 bits per heavy atom. The van der Waals surface area contributed by atoms with Gasteiger partial charge in [0.25, 0.3) is 0 Å². The maximum absolute atomic E-state index is 5.52. The highest BCUT2D eigenvalue weighted by Crippen LogP contribution is 2.32. The van der Waals surface area contributed by atoms with Gasteiger partial charge in [-0.05, 0) is 25.8 Å². The Bertz CT molecular complexity index is 280. The van der Waals surface area contributed by atoms with E-state index in [0.717, 1.165) is 13.2 Å². The van der Waals surface area contributed by atoms with Gasteiger partial charge in [0, 0.05) is 19.6 Å². The summed E-state index contributed by atoms with van der Waals surface area (Å²) in [6.45, 7) is 20.1. The topological polar surface area (TPSA) is 21.7 Å². The zero-order valence-corrected chi connectivity index (χ0v) is 19.4. The fraction of sp³-hybridized carbons (Fsp3) is 1.00. The van der Waals surface area contributed by atoms with E-state index in [1.165, 1.54) is 38.6 Å². The Morgan fingerprint density at radius 3 is 1.61 bits per heavy atom. The first-order valence-electron chi connectivity index (χ1n) is 9.28. The van der Waals surface area contributed by atoms with Crippen molar-refractivity contribution in [3.05, 3.63) is 0 Å². The molecule has 0 N–H and O–H groups in total. The summed E-state index contributed by atoms with van der Waals surface area (Å²) in [5.74, 6) is 0. The Morgan fingerprint density at radius 2 is 1.26 bits per heavy atom. The Balaban J connectivity index is 4.63. The molecule has 0 aliphatic heterocycles. The summed E-state index contributed by atoms with van der Waals surface area (Å²) in [4.78, 5) is 0. The minimum atomic E-state index is -1.22. The van der Waals surface area contributed by atoms with Gasteiger partial charge in [0.1, 0.15) is 16.5 Å². The van der Waals surface area contributed by atoms with Crippen molar-refractivity contribution < 1.29 is 9.47 Å². The van der Waals surface area contributed by atoms with E-state index in [1.807, 2.05) is 14.2 Å². The first kappa shape index (κ1) is 23.3. The number of methoxy groups -OCH3 is 2. The molecule has 0 heterocycles. The van der Waals surface area contributed by atoms with E-state index in [-0.39, 0.29) is 5.41 Å². The van der Waals surface area contributed by atoms with Crippen molar-refractivity contribution in [3.8, 4) is 0 Å². The second-order valence-electron chi connectivity index (χ2n) is 9.07. The Labute approximate surface area is 148 Å². The van der Waals surface area contributed by atoms with E-state index in [0.29, 0.717) is 0 Å².